The molecule has 0 atom stereocenters. The zero-order chi connectivity index (χ0) is 14.0. The molecule has 0 saturated heterocycles. The highest BCUT2D eigenvalue weighted by Crippen LogP contribution is 2.29. The van der Waals surface area contributed by atoms with Crippen LogP contribution in [0.4, 0.5) is 0 Å². The molecule has 19 heavy (non-hydrogen) atoms. The molecule has 0 unspecified atom stereocenters. The van der Waals surface area contributed by atoms with Gasteiger partial charge in [-0.15, -0.1) is 0 Å². The summed E-state index contributed by atoms with van der Waals surface area (Å²) in [6, 6.07) is 8.06. The highest BCUT2D eigenvalue weighted by molar-refractivity contribution is 7.89. The number of nitrogens with zero attached hydrogens (tertiary/aromatic N) is 1. The van der Waals surface area contributed by atoms with Crippen molar-refractivity contribution < 1.29 is 13.2 Å². The number of benzene rings is 1. The standard InChI is InChI=1S/C12H11ClN2O3S/c1-8-2-4-10(13)11(6-8)18-12-5-3-9(7-15-12)19(14,16)17/h2-7H,1H3,(H2,14,16,17). The van der Waals surface area contributed by atoms with Crippen molar-refractivity contribution in [1.29, 1.82) is 0 Å². The fourth-order valence-corrected chi connectivity index (χ4v) is 2.01. The van der Waals surface area contributed by atoms with Crippen LogP contribution in [-0.4, -0.2) is 13.4 Å². The van der Waals surface area contributed by atoms with Crippen LogP contribution >= 0.6 is 11.6 Å². The van der Waals surface area contributed by atoms with Crippen LogP contribution in [0.2, 0.25) is 5.02 Å². The number of hydrogen-bond donors (Lipinski definition) is 1. The van der Waals surface area contributed by atoms with Crippen LogP contribution < -0.4 is 9.88 Å². The van der Waals surface area contributed by atoms with Gasteiger partial charge in [-0.1, -0.05) is 17.7 Å². The maximum absolute atomic E-state index is 11.1. The molecule has 0 fully saturated rings. The van der Waals surface area contributed by atoms with Crippen molar-refractivity contribution in [2.75, 3.05) is 0 Å². The van der Waals surface area contributed by atoms with Crippen molar-refractivity contribution in [3.63, 3.8) is 0 Å². The minimum atomic E-state index is -3.75. The second-order valence-electron chi connectivity index (χ2n) is 3.91. The summed E-state index contributed by atoms with van der Waals surface area (Å²) in [4.78, 5) is 3.80. The number of nitrogens with two attached hydrogens (primary N) is 1. The SMILES string of the molecule is Cc1ccc(Cl)c(Oc2ccc(S(N)(=O)=O)cn2)c1. The van der Waals surface area contributed by atoms with E-state index in [1.165, 1.54) is 12.1 Å². The normalized spacial score (nSPS) is 11.3. The average Bonchev–Trinajstić information content (AvgIpc) is 2.33. The van der Waals surface area contributed by atoms with Crippen LogP contribution in [0.1, 0.15) is 5.56 Å². The van der Waals surface area contributed by atoms with Crippen LogP contribution in [0.3, 0.4) is 0 Å². The summed E-state index contributed by atoms with van der Waals surface area (Å²) in [5.74, 6) is 0.692. The lowest BCUT2D eigenvalue weighted by atomic mass is 10.2. The Kier molecular flexibility index (Phi) is 3.75. The molecule has 7 heteroatoms. The van der Waals surface area contributed by atoms with Gasteiger partial charge in [0.25, 0.3) is 0 Å². The lowest BCUT2D eigenvalue weighted by Crippen LogP contribution is -2.12. The Hall–Kier alpha value is -1.63. The van der Waals surface area contributed by atoms with Gasteiger partial charge in [-0.3, -0.25) is 0 Å². The zero-order valence-corrected chi connectivity index (χ0v) is 11.6. The molecular formula is C12H11ClN2O3S. The number of sulfonamides is 1. The molecule has 0 bridgehead atoms. The van der Waals surface area contributed by atoms with Gasteiger partial charge in [0.15, 0.2) is 0 Å². The van der Waals surface area contributed by atoms with Crippen LogP contribution in [0, 0.1) is 6.92 Å². The molecule has 2 rings (SSSR count). The molecule has 5 nitrogen and oxygen atoms in total. The Morgan fingerprint density at radius 2 is 2.00 bits per heavy atom. The highest BCUT2D eigenvalue weighted by atomic mass is 35.5. The van der Waals surface area contributed by atoms with Crippen LogP contribution in [0.5, 0.6) is 11.6 Å². The second-order valence-corrected chi connectivity index (χ2v) is 5.88. The average molecular weight is 299 g/mol. The number of aryl methyl sites for hydroxylation is 1. The van der Waals surface area contributed by atoms with Gasteiger partial charge in [-0.05, 0) is 30.7 Å². The summed E-state index contributed by atoms with van der Waals surface area (Å²) in [6.45, 7) is 1.90. The molecule has 0 aliphatic heterocycles. The number of rotatable bonds is 3. The molecule has 0 radical (unpaired) electrons. The van der Waals surface area contributed by atoms with Crippen molar-refractivity contribution in [2.24, 2.45) is 5.14 Å². The van der Waals surface area contributed by atoms with E-state index in [-0.39, 0.29) is 10.8 Å². The minimum Gasteiger partial charge on any atom is -0.437 e. The zero-order valence-electron chi connectivity index (χ0n) is 10.00. The van der Waals surface area contributed by atoms with E-state index < -0.39 is 10.0 Å². The van der Waals surface area contributed by atoms with E-state index in [0.717, 1.165) is 11.8 Å². The van der Waals surface area contributed by atoms with Crippen LogP contribution in [0.15, 0.2) is 41.4 Å². The molecule has 2 aromatic rings. The maximum Gasteiger partial charge on any atom is 0.239 e. The van der Waals surface area contributed by atoms with Crippen molar-refractivity contribution in [3.8, 4) is 11.6 Å². The minimum absolute atomic E-state index is 0.0739. The molecule has 0 amide bonds. The van der Waals surface area contributed by atoms with Gasteiger partial charge in [0, 0.05) is 6.07 Å². The largest absolute Gasteiger partial charge is 0.437 e. The number of pyridine rings is 1. The van der Waals surface area contributed by atoms with E-state index >= 15 is 0 Å². The van der Waals surface area contributed by atoms with Gasteiger partial charge in [0.1, 0.15) is 10.6 Å². The fourth-order valence-electron chi connectivity index (χ4n) is 1.40. The molecule has 0 saturated carbocycles. The molecule has 0 aliphatic rings. The third-order valence-corrected chi connectivity index (χ3v) is 3.55. The smallest absolute Gasteiger partial charge is 0.239 e. The first kappa shape index (κ1) is 13.8. The van der Waals surface area contributed by atoms with Gasteiger partial charge in [-0.2, -0.15) is 0 Å². The van der Waals surface area contributed by atoms with Crippen LogP contribution in [0.25, 0.3) is 0 Å². The predicted octanol–water partition coefficient (Wildman–Crippen LogP) is 2.48. The number of ether oxygens (including phenoxy) is 1. The molecule has 1 heterocycles. The molecule has 1 aromatic carbocycles. The van der Waals surface area contributed by atoms with Crippen molar-refractivity contribution in [2.45, 2.75) is 11.8 Å². The third-order valence-electron chi connectivity index (χ3n) is 2.34. The fraction of sp³-hybridized carbons (Fsp3) is 0.0833. The molecule has 1 aromatic heterocycles. The maximum atomic E-state index is 11.1. The van der Waals surface area contributed by atoms with E-state index in [1.54, 1.807) is 12.1 Å². The summed E-state index contributed by atoms with van der Waals surface area (Å²) in [5, 5.41) is 5.42. The summed E-state index contributed by atoms with van der Waals surface area (Å²) in [5.41, 5.74) is 0.987. The Bertz CT molecular complexity index is 699. The molecule has 0 spiro atoms. The van der Waals surface area contributed by atoms with Crippen LogP contribution in [-0.2, 0) is 10.0 Å². The van der Waals surface area contributed by atoms with E-state index in [1.807, 2.05) is 13.0 Å². The quantitative estimate of drug-likeness (QED) is 0.943. The van der Waals surface area contributed by atoms with Gasteiger partial charge in [-0.25, -0.2) is 18.5 Å². The van der Waals surface area contributed by atoms with Crippen molar-refractivity contribution >= 4 is 21.6 Å². The van der Waals surface area contributed by atoms with E-state index in [2.05, 4.69) is 4.98 Å². The van der Waals surface area contributed by atoms with Crippen molar-refractivity contribution in [1.82, 2.24) is 4.98 Å². The predicted molar refractivity (Wildman–Crippen MR) is 71.9 cm³/mol. The first-order chi connectivity index (χ1) is 8.86. The van der Waals surface area contributed by atoms with Crippen molar-refractivity contribution in [3.05, 3.63) is 47.1 Å². The van der Waals surface area contributed by atoms with E-state index in [4.69, 9.17) is 21.5 Å². The topological polar surface area (TPSA) is 82.3 Å². The summed E-state index contributed by atoms with van der Waals surface area (Å²) >= 11 is 5.98. The van der Waals surface area contributed by atoms with Gasteiger partial charge in [0.05, 0.1) is 11.2 Å². The molecule has 2 N–H and O–H groups in total. The first-order valence-corrected chi connectivity index (χ1v) is 7.21. The molecule has 100 valence electrons. The number of halogens is 1. The Labute approximate surface area is 116 Å². The number of hydrogen-bond acceptors (Lipinski definition) is 4. The third kappa shape index (κ3) is 3.44. The number of aromatic nitrogens is 1. The Morgan fingerprint density at radius 3 is 2.58 bits per heavy atom. The molecular weight excluding hydrogens is 288 g/mol. The summed E-state index contributed by atoms with van der Waals surface area (Å²) in [7, 11) is -3.75. The van der Waals surface area contributed by atoms with Gasteiger partial charge < -0.3 is 4.74 Å². The van der Waals surface area contributed by atoms with E-state index in [9.17, 15) is 8.42 Å². The van der Waals surface area contributed by atoms with Gasteiger partial charge in [0.2, 0.25) is 15.9 Å². The summed E-state index contributed by atoms with van der Waals surface area (Å²) < 4.78 is 27.6. The Balaban J connectivity index is 2.27. The van der Waals surface area contributed by atoms with Gasteiger partial charge >= 0.3 is 0 Å². The summed E-state index contributed by atoms with van der Waals surface area (Å²) in [6.07, 6.45) is 1.13. The monoisotopic (exact) mass is 298 g/mol. The lowest BCUT2D eigenvalue weighted by Gasteiger charge is -2.07. The Morgan fingerprint density at radius 1 is 1.26 bits per heavy atom. The first-order valence-electron chi connectivity index (χ1n) is 5.29. The van der Waals surface area contributed by atoms with E-state index in [0.29, 0.717) is 10.8 Å². The second kappa shape index (κ2) is 5.16. The lowest BCUT2D eigenvalue weighted by molar-refractivity contribution is 0.462. The molecule has 0 aliphatic carbocycles. The highest BCUT2D eigenvalue weighted by Gasteiger charge is 2.09. The number of primary sulfonamides is 1.